The number of amides is 2. The Bertz CT molecular complexity index is 434. The molecule has 116 valence electrons. The van der Waals surface area contributed by atoms with Crippen molar-refractivity contribution in [3.05, 3.63) is 22.4 Å². The molecule has 0 atom stereocenters. The number of carbonyl (C=O) groups is 1. The molecule has 5 heteroatoms. The largest absolute Gasteiger partial charge is 0.335 e. The molecule has 0 bridgehead atoms. The summed E-state index contributed by atoms with van der Waals surface area (Å²) in [5.74, 6) is 0. The minimum Gasteiger partial charge on any atom is -0.335 e. The van der Waals surface area contributed by atoms with E-state index in [1.54, 1.807) is 0 Å². The molecule has 2 heterocycles. The van der Waals surface area contributed by atoms with E-state index in [9.17, 15) is 4.79 Å². The van der Waals surface area contributed by atoms with Crippen molar-refractivity contribution >= 4 is 17.4 Å². The number of piperazine rings is 1. The van der Waals surface area contributed by atoms with Crippen LogP contribution in [-0.2, 0) is 6.54 Å². The van der Waals surface area contributed by atoms with Crippen molar-refractivity contribution in [3.63, 3.8) is 0 Å². The maximum atomic E-state index is 12.3. The summed E-state index contributed by atoms with van der Waals surface area (Å²) in [6.07, 6.45) is 6.17. The molecule has 0 aromatic carbocycles. The standard InChI is InChI=1S/C16H25N3OS/c20-16(17-14-5-2-1-3-6-14)19-10-8-18(9-11-19)13-15-7-4-12-21-15/h4,7,12,14H,1-3,5-6,8-11,13H2,(H,17,20). The zero-order valence-electron chi connectivity index (χ0n) is 12.6. The molecule has 2 amide bonds. The summed E-state index contributed by atoms with van der Waals surface area (Å²) < 4.78 is 0. The Labute approximate surface area is 131 Å². The van der Waals surface area contributed by atoms with E-state index in [0.29, 0.717) is 6.04 Å². The van der Waals surface area contributed by atoms with E-state index in [2.05, 4.69) is 27.7 Å². The predicted octanol–water partition coefficient (Wildman–Crippen LogP) is 2.91. The number of nitrogens with one attached hydrogen (secondary N) is 1. The van der Waals surface area contributed by atoms with Gasteiger partial charge in [0.15, 0.2) is 0 Å². The molecule has 1 aromatic heterocycles. The van der Waals surface area contributed by atoms with Gasteiger partial charge >= 0.3 is 6.03 Å². The van der Waals surface area contributed by atoms with Gasteiger partial charge in [-0.25, -0.2) is 4.79 Å². The summed E-state index contributed by atoms with van der Waals surface area (Å²) in [4.78, 5) is 18.1. The van der Waals surface area contributed by atoms with Crippen LogP contribution in [-0.4, -0.2) is 48.1 Å². The number of nitrogens with zero attached hydrogens (tertiary/aromatic N) is 2. The summed E-state index contributed by atoms with van der Waals surface area (Å²) in [7, 11) is 0. The van der Waals surface area contributed by atoms with Crippen LogP contribution < -0.4 is 5.32 Å². The highest BCUT2D eigenvalue weighted by molar-refractivity contribution is 7.09. The Balaban J connectivity index is 1.41. The summed E-state index contributed by atoms with van der Waals surface area (Å²) in [6, 6.07) is 4.86. The lowest BCUT2D eigenvalue weighted by Gasteiger charge is -2.35. The topological polar surface area (TPSA) is 35.6 Å². The summed E-state index contributed by atoms with van der Waals surface area (Å²) in [6.45, 7) is 4.69. The van der Waals surface area contributed by atoms with Crippen LogP contribution in [0.3, 0.4) is 0 Å². The fourth-order valence-corrected chi connectivity index (χ4v) is 3.99. The minimum atomic E-state index is 0.151. The lowest BCUT2D eigenvalue weighted by atomic mass is 9.96. The third kappa shape index (κ3) is 4.20. The van der Waals surface area contributed by atoms with E-state index in [-0.39, 0.29) is 6.03 Å². The Kier molecular flexibility index (Phi) is 5.14. The minimum absolute atomic E-state index is 0.151. The monoisotopic (exact) mass is 307 g/mol. The fourth-order valence-electron chi connectivity index (χ4n) is 3.24. The highest BCUT2D eigenvalue weighted by atomic mass is 32.1. The number of hydrogen-bond donors (Lipinski definition) is 1. The molecule has 1 aliphatic carbocycles. The van der Waals surface area contributed by atoms with Gasteiger partial charge in [0, 0.05) is 43.6 Å². The lowest BCUT2D eigenvalue weighted by Crippen LogP contribution is -2.53. The SMILES string of the molecule is O=C(NC1CCCCC1)N1CCN(Cc2cccs2)CC1. The van der Waals surface area contributed by atoms with E-state index in [4.69, 9.17) is 0 Å². The van der Waals surface area contributed by atoms with Gasteiger partial charge in [0.1, 0.15) is 0 Å². The second-order valence-electron chi connectivity index (χ2n) is 6.13. The second-order valence-corrected chi connectivity index (χ2v) is 7.16. The first kappa shape index (κ1) is 14.9. The Morgan fingerprint density at radius 3 is 2.62 bits per heavy atom. The first-order valence-electron chi connectivity index (χ1n) is 8.11. The summed E-state index contributed by atoms with van der Waals surface area (Å²) in [5, 5.41) is 5.35. The van der Waals surface area contributed by atoms with Gasteiger partial charge in [-0.3, -0.25) is 4.90 Å². The van der Waals surface area contributed by atoms with Crippen molar-refractivity contribution in [2.75, 3.05) is 26.2 Å². The lowest BCUT2D eigenvalue weighted by molar-refractivity contribution is 0.132. The molecular weight excluding hydrogens is 282 g/mol. The average molecular weight is 307 g/mol. The van der Waals surface area contributed by atoms with Crippen LogP contribution >= 0.6 is 11.3 Å². The van der Waals surface area contributed by atoms with Crippen molar-refractivity contribution in [2.45, 2.75) is 44.7 Å². The first-order chi connectivity index (χ1) is 10.3. The van der Waals surface area contributed by atoms with Gasteiger partial charge in [-0.05, 0) is 24.3 Å². The molecule has 4 nitrogen and oxygen atoms in total. The number of urea groups is 1. The van der Waals surface area contributed by atoms with E-state index >= 15 is 0 Å². The van der Waals surface area contributed by atoms with E-state index in [1.165, 1.54) is 24.1 Å². The van der Waals surface area contributed by atoms with Crippen molar-refractivity contribution < 1.29 is 4.79 Å². The molecule has 1 N–H and O–H groups in total. The first-order valence-corrected chi connectivity index (χ1v) is 8.99. The Hall–Kier alpha value is -1.07. The molecule has 2 fully saturated rings. The third-order valence-corrected chi connectivity index (χ3v) is 5.41. The van der Waals surface area contributed by atoms with Crippen LogP contribution in [0.4, 0.5) is 4.79 Å². The number of thiophene rings is 1. The molecule has 2 aliphatic rings. The van der Waals surface area contributed by atoms with Gasteiger partial charge in [-0.2, -0.15) is 0 Å². The van der Waals surface area contributed by atoms with Gasteiger partial charge in [0.2, 0.25) is 0 Å². The molecule has 3 rings (SSSR count). The molecule has 1 aliphatic heterocycles. The van der Waals surface area contributed by atoms with Gasteiger partial charge in [-0.15, -0.1) is 11.3 Å². The molecule has 0 radical (unpaired) electrons. The van der Waals surface area contributed by atoms with Crippen molar-refractivity contribution in [2.24, 2.45) is 0 Å². The highest BCUT2D eigenvalue weighted by Gasteiger charge is 2.23. The van der Waals surface area contributed by atoms with Gasteiger partial charge in [0.25, 0.3) is 0 Å². The zero-order valence-corrected chi connectivity index (χ0v) is 13.4. The normalized spacial score (nSPS) is 21.4. The van der Waals surface area contributed by atoms with Crippen LogP contribution in [0, 0.1) is 0 Å². The van der Waals surface area contributed by atoms with Crippen molar-refractivity contribution in [1.29, 1.82) is 0 Å². The maximum absolute atomic E-state index is 12.3. The Morgan fingerprint density at radius 2 is 1.95 bits per heavy atom. The maximum Gasteiger partial charge on any atom is 0.317 e. The van der Waals surface area contributed by atoms with Crippen molar-refractivity contribution in [3.8, 4) is 0 Å². The molecular formula is C16H25N3OS. The smallest absolute Gasteiger partial charge is 0.317 e. The second kappa shape index (κ2) is 7.27. The molecule has 21 heavy (non-hydrogen) atoms. The summed E-state index contributed by atoms with van der Waals surface area (Å²) >= 11 is 1.81. The van der Waals surface area contributed by atoms with Gasteiger partial charge in [-0.1, -0.05) is 25.3 Å². The molecule has 0 spiro atoms. The van der Waals surface area contributed by atoms with Crippen LogP contribution in [0.1, 0.15) is 37.0 Å². The number of rotatable bonds is 3. The van der Waals surface area contributed by atoms with Gasteiger partial charge < -0.3 is 10.2 Å². The van der Waals surface area contributed by atoms with Crippen LogP contribution in [0.5, 0.6) is 0 Å². The molecule has 1 saturated heterocycles. The molecule has 1 aromatic rings. The van der Waals surface area contributed by atoms with Crippen molar-refractivity contribution in [1.82, 2.24) is 15.1 Å². The predicted molar refractivity (Wildman–Crippen MR) is 86.6 cm³/mol. The summed E-state index contributed by atoms with van der Waals surface area (Å²) in [5.41, 5.74) is 0. The van der Waals surface area contributed by atoms with Gasteiger partial charge in [0.05, 0.1) is 0 Å². The van der Waals surface area contributed by atoms with Crippen LogP contribution in [0.2, 0.25) is 0 Å². The number of hydrogen-bond acceptors (Lipinski definition) is 3. The van der Waals surface area contributed by atoms with Crippen LogP contribution in [0.25, 0.3) is 0 Å². The quantitative estimate of drug-likeness (QED) is 0.932. The third-order valence-electron chi connectivity index (χ3n) is 4.55. The zero-order chi connectivity index (χ0) is 14.5. The molecule has 0 unspecified atom stereocenters. The number of carbonyl (C=O) groups excluding carboxylic acids is 1. The highest BCUT2D eigenvalue weighted by Crippen LogP contribution is 2.18. The molecule has 1 saturated carbocycles. The fraction of sp³-hybridized carbons (Fsp3) is 0.688. The van der Waals surface area contributed by atoms with E-state index in [0.717, 1.165) is 45.6 Å². The van der Waals surface area contributed by atoms with E-state index < -0.39 is 0 Å². The van der Waals surface area contributed by atoms with Crippen LogP contribution in [0.15, 0.2) is 17.5 Å². The van der Waals surface area contributed by atoms with E-state index in [1.807, 2.05) is 16.2 Å². The Morgan fingerprint density at radius 1 is 1.19 bits per heavy atom. The average Bonchev–Trinajstić information content (AvgIpc) is 3.02.